The molecular weight excluding hydrogens is 158 g/mol. The molecule has 0 bridgehead atoms. The first-order chi connectivity index (χ1) is 6.20. The number of unbranched alkanes of at least 4 members (excludes halogenated alkanes) is 1. The standard InChI is InChI=1S/C12H25N/c1-5-7-8-12(13-6-2)10-9-11(3)4/h12-13H,3,5-10H2,1-2,4H3. The number of hydrogen-bond acceptors (Lipinski definition) is 1. The predicted molar refractivity (Wildman–Crippen MR) is 61.0 cm³/mol. The van der Waals surface area contributed by atoms with Crippen LogP contribution in [0, 0.1) is 0 Å². The lowest BCUT2D eigenvalue weighted by Crippen LogP contribution is -2.28. The van der Waals surface area contributed by atoms with Crippen molar-refractivity contribution >= 4 is 0 Å². The van der Waals surface area contributed by atoms with E-state index >= 15 is 0 Å². The lowest BCUT2D eigenvalue weighted by atomic mass is 10.0. The van der Waals surface area contributed by atoms with E-state index in [0.29, 0.717) is 6.04 Å². The van der Waals surface area contributed by atoms with E-state index < -0.39 is 0 Å². The minimum absolute atomic E-state index is 0.710. The summed E-state index contributed by atoms with van der Waals surface area (Å²) >= 11 is 0. The van der Waals surface area contributed by atoms with Crippen LogP contribution in [0.25, 0.3) is 0 Å². The fraction of sp³-hybridized carbons (Fsp3) is 0.833. The van der Waals surface area contributed by atoms with Gasteiger partial charge < -0.3 is 5.32 Å². The summed E-state index contributed by atoms with van der Waals surface area (Å²) in [5, 5.41) is 3.53. The van der Waals surface area contributed by atoms with Gasteiger partial charge in [0.2, 0.25) is 0 Å². The van der Waals surface area contributed by atoms with Crippen LogP contribution in [0.2, 0.25) is 0 Å². The molecule has 0 aromatic heterocycles. The van der Waals surface area contributed by atoms with E-state index in [1.807, 2.05) is 0 Å². The van der Waals surface area contributed by atoms with Gasteiger partial charge in [0.05, 0.1) is 0 Å². The van der Waals surface area contributed by atoms with Gasteiger partial charge in [-0.1, -0.05) is 32.3 Å². The van der Waals surface area contributed by atoms with E-state index in [-0.39, 0.29) is 0 Å². The highest BCUT2D eigenvalue weighted by Crippen LogP contribution is 2.10. The average molecular weight is 183 g/mol. The van der Waals surface area contributed by atoms with Gasteiger partial charge in [-0.2, -0.15) is 0 Å². The first-order valence-electron chi connectivity index (χ1n) is 5.58. The molecule has 0 heterocycles. The Balaban J connectivity index is 3.59. The fourth-order valence-corrected chi connectivity index (χ4v) is 1.51. The largest absolute Gasteiger partial charge is 0.314 e. The molecular formula is C12H25N. The Bertz CT molecular complexity index is 129. The quantitative estimate of drug-likeness (QED) is 0.568. The van der Waals surface area contributed by atoms with Gasteiger partial charge in [-0.25, -0.2) is 0 Å². The molecule has 1 atom stereocenters. The molecule has 1 unspecified atom stereocenters. The molecule has 78 valence electrons. The highest BCUT2D eigenvalue weighted by atomic mass is 14.9. The zero-order valence-electron chi connectivity index (χ0n) is 9.53. The molecule has 1 N–H and O–H groups in total. The summed E-state index contributed by atoms with van der Waals surface area (Å²) in [5.74, 6) is 0. The maximum absolute atomic E-state index is 3.94. The summed E-state index contributed by atoms with van der Waals surface area (Å²) in [6, 6.07) is 0.710. The molecule has 0 aromatic carbocycles. The molecule has 13 heavy (non-hydrogen) atoms. The molecule has 1 heteroatoms. The van der Waals surface area contributed by atoms with Crippen molar-refractivity contribution in [1.82, 2.24) is 5.32 Å². The summed E-state index contributed by atoms with van der Waals surface area (Å²) in [6.45, 7) is 11.6. The van der Waals surface area contributed by atoms with Crippen LogP contribution in [0.15, 0.2) is 12.2 Å². The Morgan fingerprint density at radius 1 is 1.31 bits per heavy atom. The van der Waals surface area contributed by atoms with Crippen molar-refractivity contribution in [2.45, 2.75) is 58.9 Å². The molecule has 0 saturated heterocycles. The van der Waals surface area contributed by atoms with Crippen molar-refractivity contribution in [1.29, 1.82) is 0 Å². The van der Waals surface area contributed by atoms with E-state index in [1.54, 1.807) is 0 Å². The molecule has 0 spiro atoms. The molecule has 0 radical (unpaired) electrons. The van der Waals surface area contributed by atoms with E-state index in [1.165, 1.54) is 37.7 Å². The zero-order valence-corrected chi connectivity index (χ0v) is 9.53. The van der Waals surface area contributed by atoms with Crippen molar-refractivity contribution < 1.29 is 0 Å². The minimum atomic E-state index is 0.710. The number of hydrogen-bond donors (Lipinski definition) is 1. The van der Waals surface area contributed by atoms with Crippen molar-refractivity contribution in [2.75, 3.05) is 6.54 Å². The monoisotopic (exact) mass is 183 g/mol. The first-order valence-corrected chi connectivity index (χ1v) is 5.58. The van der Waals surface area contributed by atoms with Gasteiger partial charge in [0, 0.05) is 6.04 Å². The second-order valence-corrected chi connectivity index (χ2v) is 3.89. The molecule has 0 aliphatic carbocycles. The summed E-state index contributed by atoms with van der Waals surface area (Å²) in [5.41, 5.74) is 1.31. The van der Waals surface area contributed by atoms with Crippen LogP contribution in [0.4, 0.5) is 0 Å². The number of rotatable bonds is 8. The van der Waals surface area contributed by atoms with Gasteiger partial charge >= 0.3 is 0 Å². The summed E-state index contributed by atoms with van der Waals surface area (Å²) in [4.78, 5) is 0. The number of nitrogens with one attached hydrogen (secondary N) is 1. The maximum atomic E-state index is 3.94. The van der Waals surface area contributed by atoms with Crippen LogP contribution in [-0.2, 0) is 0 Å². The van der Waals surface area contributed by atoms with Crippen LogP contribution in [-0.4, -0.2) is 12.6 Å². The molecule has 0 aliphatic rings. The molecule has 0 aliphatic heterocycles. The summed E-state index contributed by atoms with van der Waals surface area (Å²) < 4.78 is 0. The van der Waals surface area contributed by atoms with Gasteiger partial charge in [0.25, 0.3) is 0 Å². The van der Waals surface area contributed by atoms with Gasteiger partial charge in [0.1, 0.15) is 0 Å². The second kappa shape index (κ2) is 8.31. The summed E-state index contributed by atoms with van der Waals surface area (Å²) in [6.07, 6.45) is 6.38. The second-order valence-electron chi connectivity index (χ2n) is 3.89. The van der Waals surface area contributed by atoms with Crippen molar-refractivity contribution in [3.8, 4) is 0 Å². The van der Waals surface area contributed by atoms with Gasteiger partial charge in [0.15, 0.2) is 0 Å². The van der Waals surface area contributed by atoms with Crippen LogP contribution >= 0.6 is 0 Å². The third-order valence-corrected chi connectivity index (χ3v) is 2.32. The van der Waals surface area contributed by atoms with Crippen LogP contribution in [0.5, 0.6) is 0 Å². The van der Waals surface area contributed by atoms with Crippen molar-refractivity contribution in [3.05, 3.63) is 12.2 Å². The molecule has 0 aromatic rings. The van der Waals surface area contributed by atoms with Gasteiger partial charge in [-0.3, -0.25) is 0 Å². The van der Waals surface area contributed by atoms with Gasteiger partial charge in [-0.05, 0) is 32.7 Å². The fourth-order valence-electron chi connectivity index (χ4n) is 1.51. The van der Waals surface area contributed by atoms with E-state index in [4.69, 9.17) is 0 Å². The summed E-state index contributed by atoms with van der Waals surface area (Å²) in [7, 11) is 0. The molecule has 0 saturated carbocycles. The molecule has 1 nitrogen and oxygen atoms in total. The third-order valence-electron chi connectivity index (χ3n) is 2.32. The lowest BCUT2D eigenvalue weighted by molar-refractivity contribution is 0.449. The van der Waals surface area contributed by atoms with Crippen LogP contribution < -0.4 is 5.32 Å². The highest BCUT2D eigenvalue weighted by molar-refractivity contribution is 4.89. The van der Waals surface area contributed by atoms with Crippen molar-refractivity contribution in [3.63, 3.8) is 0 Å². The molecule has 0 fully saturated rings. The zero-order chi connectivity index (χ0) is 10.1. The topological polar surface area (TPSA) is 12.0 Å². The Morgan fingerprint density at radius 3 is 2.46 bits per heavy atom. The van der Waals surface area contributed by atoms with Gasteiger partial charge in [-0.15, -0.1) is 6.58 Å². The van der Waals surface area contributed by atoms with E-state index in [0.717, 1.165) is 6.54 Å². The normalized spacial score (nSPS) is 12.8. The Labute approximate surface area is 83.6 Å². The lowest BCUT2D eigenvalue weighted by Gasteiger charge is -2.17. The van der Waals surface area contributed by atoms with E-state index in [9.17, 15) is 0 Å². The van der Waals surface area contributed by atoms with E-state index in [2.05, 4.69) is 32.7 Å². The highest BCUT2D eigenvalue weighted by Gasteiger charge is 2.05. The number of allylic oxidation sites excluding steroid dienone is 1. The van der Waals surface area contributed by atoms with Crippen molar-refractivity contribution in [2.24, 2.45) is 0 Å². The minimum Gasteiger partial charge on any atom is -0.314 e. The molecule has 0 rings (SSSR count). The first kappa shape index (κ1) is 12.7. The molecule has 0 amide bonds. The van der Waals surface area contributed by atoms with Crippen LogP contribution in [0.3, 0.4) is 0 Å². The SMILES string of the molecule is C=C(C)CCC(CCCC)NCC. The predicted octanol–water partition coefficient (Wildman–Crippen LogP) is 3.51. The Kier molecular flexibility index (Phi) is 8.11. The maximum Gasteiger partial charge on any atom is 0.00699 e. The Morgan fingerprint density at radius 2 is 2.00 bits per heavy atom. The smallest absolute Gasteiger partial charge is 0.00699 e. The average Bonchev–Trinajstić information content (AvgIpc) is 2.09. The Hall–Kier alpha value is -0.300. The van der Waals surface area contributed by atoms with Crippen LogP contribution in [0.1, 0.15) is 52.9 Å². The third kappa shape index (κ3) is 8.04.